The van der Waals surface area contributed by atoms with Gasteiger partial charge >= 0.3 is 0 Å². The molecular weight excluding hydrogens is 394 g/mol. The maximum atomic E-state index is 13.4. The lowest BCUT2D eigenvalue weighted by atomic mass is 9.77. The van der Waals surface area contributed by atoms with Gasteiger partial charge in [-0.3, -0.25) is 9.69 Å². The van der Waals surface area contributed by atoms with Gasteiger partial charge in [-0.2, -0.15) is 0 Å². The van der Waals surface area contributed by atoms with Crippen LogP contribution in [0.4, 0.5) is 0 Å². The fraction of sp³-hybridized carbons (Fsp3) is 0.276. The minimum absolute atomic E-state index is 0.0765. The first-order valence-corrected chi connectivity index (χ1v) is 11.6. The second kappa shape index (κ2) is 9.54. The largest absolute Gasteiger partial charge is 0.492 e. The second-order valence-corrected chi connectivity index (χ2v) is 8.65. The van der Waals surface area contributed by atoms with Crippen LogP contribution in [0, 0.1) is 0 Å². The predicted octanol–water partition coefficient (Wildman–Crippen LogP) is 5.96. The zero-order chi connectivity index (χ0) is 21.8. The van der Waals surface area contributed by atoms with E-state index in [1.807, 2.05) is 36.4 Å². The van der Waals surface area contributed by atoms with Gasteiger partial charge in [0.2, 0.25) is 0 Å². The van der Waals surface area contributed by atoms with Crippen LogP contribution in [-0.2, 0) is 0 Å². The molecule has 5 rings (SSSR count). The van der Waals surface area contributed by atoms with Crippen LogP contribution >= 0.6 is 0 Å². The molecular formula is C29H29NO2. The van der Waals surface area contributed by atoms with Crippen LogP contribution in [0.3, 0.4) is 0 Å². The molecule has 2 aliphatic rings. The molecule has 32 heavy (non-hydrogen) atoms. The zero-order valence-corrected chi connectivity index (χ0v) is 18.4. The SMILES string of the molecule is O=C(C1=CCC(c2ccccc2)c2ccccc21)c1ccc(OCCN2CCCC2)cc1. The van der Waals surface area contributed by atoms with E-state index in [1.54, 1.807) is 0 Å². The van der Waals surface area contributed by atoms with E-state index in [2.05, 4.69) is 53.4 Å². The monoisotopic (exact) mass is 423 g/mol. The summed E-state index contributed by atoms with van der Waals surface area (Å²) in [5.74, 6) is 1.19. The molecule has 162 valence electrons. The average Bonchev–Trinajstić information content (AvgIpc) is 3.37. The summed E-state index contributed by atoms with van der Waals surface area (Å²) in [5, 5.41) is 0. The molecule has 0 spiro atoms. The molecule has 1 aliphatic heterocycles. The van der Waals surface area contributed by atoms with E-state index in [0.717, 1.165) is 29.9 Å². The Morgan fingerprint density at radius 2 is 1.59 bits per heavy atom. The van der Waals surface area contributed by atoms with E-state index in [9.17, 15) is 4.79 Å². The fourth-order valence-electron chi connectivity index (χ4n) is 4.89. The number of benzene rings is 3. The molecule has 3 heteroatoms. The zero-order valence-electron chi connectivity index (χ0n) is 18.4. The molecule has 0 saturated carbocycles. The highest BCUT2D eigenvalue weighted by Crippen LogP contribution is 2.39. The molecule has 1 fully saturated rings. The second-order valence-electron chi connectivity index (χ2n) is 8.65. The molecule has 1 saturated heterocycles. The number of hydrogen-bond acceptors (Lipinski definition) is 3. The van der Waals surface area contributed by atoms with E-state index in [0.29, 0.717) is 12.2 Å². The van der Waals surface area contributed by atoms with Crippen molar-refractivity contribution in [2.75, 3.05) is 26.2 Å². The molecule has 1 heterocycles. The van der Waals surface area contributed by atoms with Gasteiger partial charge < -0.3 is 4.74 Å². The molecule has 0 aromatic heterocycles. The summed E-state index contributed by atoms with van der Waals surface area (Å²) in [5.41, 5.74) is 5.07. The van der Waals surface area contributed by atoms with Crippen LogP contribution in [0.5, 0.6) is 5.75 Å². The van der Waals surface area contributed by atoms with Gasteiger partial charge in [-0.05, 0) is 73.3 Å². The minimum Gasteiger partial charge on any atom is -0.492 e. The van der Waals surface area contributed by atoms with E-state index >= 15 is 0 Å². The van der Waals surface area contributed by atoms with Gasteiger partial charge in [0.15, 0.2) is 5.78 Å². The van der Waals surface area contributed by atoms with Crippen molar-refractivity contribution in [1.29, 1.82) is 0 Å². The summed E-state index contributed by atoms with van der Waals surface area (Å²) in [6, 6.07) is 26.5. The standard InChI is InChI=1S/C29H29NO2/c31-29(23-12-14-24(15-13-23)32-21-20-30-18-6-7-19-30)28-17-16-25(22-8-2-1-3-9-22)26-10-4-5-11-27(26)28/h1-5,8-15,17,25H,6-7,16,18-21H2. The maximum Gasteiger partial charge on any atom is 0.193 e. The van der Waals surface area contributed by atoms with Crippen molar-refractivity contribution >= 4 is 11.4 Å². The van der Waals surface area contributed by atoms with Crippen molar-refractivity contribution < 1.29 is 9.53 Å². The molecule has 3 aromatic rings. The number of hydrogen-bond donors (Lipinski definition) is 0. The van der Waals surface area contributed by atoms with Crippen LogP contribution in [-0.4, -0.2) is 36.9 Å². The summed E-state index contributed by atoms with van der Waals surface area (Å²) in [6.07, 6.45) is 5.53. The summed E-state index contributed by atoms with van der Waals surface area (Å²) in [4.78, 5) is 15.8. The Labute approximate surface area is 190 Å². The number of ether oxygens (including phenoxy) is 1. The van der Waals surface area contributed by atoms with Crippen LogP contribution in [0.15, 0.2) is 84.9 Å². The molecule has 1 unspecified atom stereocenters. The van der Waals surface area contributed by atoms with Crippen molar-refractivity contribution in [3.8, 4) is 5.75 Å². The summed E-state index contributed by atoms with van der Waals surface area (Å²) >= 11 is 0. The number of allylic oxidation sites excluding steroid dienone is 2. The third-order valence-corrected chi connectivity index (χ3v) is 6.62. The number of rotatable bonds is 7. The molecule has 0 amide bonds. The van der Waals surface area contributed by atoms with Gasteiger partial charge in [-0.1, -0.05) is 60.7 Å². The summed E-state index contributed by atoms with van der Waals surface area (Å²) < 4.78 is 5.90. The predicted molar refractivity (Wildman–Crippen MR) is 129 cm³/mol. The van der Waals surface area contributed by atoms with Crippen LogP contribution in [0.1, 0.15) is 52.2 Å². The number of Topliss-reactive ketones (excluding diaryl/α,β-unsaturated/α-hetero) is 1. The Hall–Kier alpha value is -3.17. The van der Waals surface area contributed by atoms with E-state index in [1.165, 1.54) is 37.1 Å². The van der Waals surface area contributed by atoms with Crippen molar-refractivity contribution in [1.82, 2.24) is 4.90 Å². The van der Waals surface area contributed by atoms with Crippen LogP contribution in [0.2, 0.25) is 0 Å². The van der Waals surface area contributed by atoms with Gasteiger partial charge in [0, 0.05) is 23.6 Å². The minimum atomic E-state index is 0.0765. The number of fused-ring (bicyclic) bond motifs is 1. The first-order chi connectivity index (χ1) is 15.8. The molecule has 1 atom stereocenters. The first kappa shape index (κ1) is 20.7. The number of carbonyl (C=O) groups excluding carboxylic acids is 1. The third kappa shape index (κ3) is 4.39. The Kier molecular flexibility index (Phi) is 6.17. The highest BCUT2D eigenvalue weighted by molar-refractivity contribution is 6.29. The third-order valence-electron chi connectivity index (χ3n) is 6.62. The van der Waals surface area contributed by atoms with Crippen LogP contribution < -0.4 is 4.74 Å². The van der Waals surface area contributed by atoms with E-state index in [4.69, 9.17) is 4.74 Å². The summed E-state index contributed by atoms with van der Waals surface area (Å²) in [7, 11) is 0. The fourth-order valence-corrected chi connectivity index (χ4v) is 4.89. The Morgan fingerprint density at radius 1 is 0.875 bits per heavy atom. The van der Waals surface area contributed by atoms with E-state index < -0.39 is 0 Å². The van der Waals surface area contributed by atoms with Crippen molar-refractivity contribution in [2.24, 2.45) is 0 Å². The number of carbonyl (C=O) groups is 1. The molecule has 0 radical (unpaired) electrons. The Bertz CT molecular complexity index is 1100. The van der Waals surface area contributed by atoms with Gasteiger partial charge in [0.25, 0.3) is 0 Å². The lowest BCUT2D eigenvalue weighted by molar-refractivity contribution is 0.105. The van der Waals surface area contributed by atoms with Crippen molar-refractivity contribution in [3.05, 3.63) is 107 Å². The smallest absolute Gasteiger partial charge is 0.193 e. The first-order valence-electron chi connectivity index (χ1n) is 11.6. The highest BCUT2D eigenvalue weighted by Gasteiger charge is 2.26. The van der Waals surface area contributed by atoms with Crippen LogP contribution in [0.25, 0.3) is 5.57 Å². The lowest BCUT2D eigenvalue weighted by Gasteiger charge is -2.25. The van der Waals surface area contributed by atoms with Gasteiger partial charge in [0.05, 0.1) is 0 Å². The van der Waals surface area contributed by atoms with Gasteiger partial charge in [-0.25, -0.2) is 0 Å². The molecule has 1 aliphatic carbocycles. The van der Waals surface area contributed by atoms with Crippen molar-refractivity contribution in [2.45, 2.75) is 25.2 Å². The lowest BCUT2D eigenvalue weighted by Crippen LogP contribution is -2.25. The maximum absolute atomic E-state index is 13.4. The van der Waals surface area contributed by atoms with Gasteiger partial charge in [0.1, 0.15) is 12.4 Å². The average molecular weight is 424 g/mol. The van der Waals surface area contributed by atoms with Crippen molar-refractivity contribution in [3.63, 3.8) is 0 Å². The summed E-state index contributed by atoms with van der Waals surface area (Å²) in [6.45, 7) is 4.01. The molecule has 0 N–H and O–H groups in total. The molecule has 0 bridgehead atoms. The quantitative estimate of drug-likeness (QED) is 0.439. The normalized spacial score (nSPS) is 18.1. The number of nitrogens with zero attached hydrogens (tertiary/aromatic N) is 1. The molecule has 3 aromatic carbocycles. The van der Waals surface area contributed by atoms with Gasteiger partial charge in [-0.15, -0.1) is 0 Å². The molecule has 3 nitrogen and oxygen atoms in total. The Morgan fingerprint density at radius 3 is 2.38 bits per heavy atom. The topological polar surface area (TPSA) is 29.5 Å². The Balaban J connectivity index is 1.30. The number of ketones is 1. The number of likely N-dealkylation sites (tertiary alicyclic amines) is 1. The van der Waals surface area contributed by atoms with E-state index in [-0.39, 0.29) is 11.7 Å². The highest BCUT2D eigenvalue weighted by atomic mass is 16.5.